The maximum atomic E-state index is 9.81. The number of aliphatic hydroxyl groups excluding tert-OH is 2. The van der Waals surface area contributed by atoms with E-state index in [-0.39, 0.29) is 83.3 Å². The van der Waals surface area contributed by atoms with Crippen molar-refractivity contribution in [2.75, 3.05) is 13.2 Å². The molecule has 156 valence electrons. The molecule has 1 aromatic carbocycles. The second kappa shape index (κ2) is 31.2. The number of Topliss-reactive ketones (excluding diaryl/α,β-unsaturated/α-hetero) is 1. The van der Waals surface area contributed by atoms with Crippen molar-refractivity contribution in [3.63, 3.8) is 0 Å². The van der Waals surface area contributed by atoms with Crippen LogP contribution in [0, 0.1) is 31.1 Å². The molecule has 5 nitrogen and oxygen atoms in total. The van der Waals surface area contributed by atoms with E-state index in [2.05, 4.69) is 37.3 Å². The molecule has 0 aliphatic carbocycles. The second-order valence-electron chi connectivity index (χ2n) is 5.16. The van der Waals surface area contributed by atoms with Crippen LogP contribution in [0.5, 0.6) is 0 Å². The quantitative estimate of drug-likeness (QED) is 0.468. The van der Waals surface area contributed by atoms with E-state index in [1.807, 2.05) is 38.0 Å². The summed E-state index contributed by atoms with van der Waals surface area (Å²) in [5.41, 5.74) is 0.394. The first-order valence-corrected chi connectivity index (χ1v) is 8.09. The van der Waals surface area contributed by atoms with Crippen molar-refractivity contribution >= 4 is 5.78 Å². The minimum absolute atomic E-state index is 0. The minimum atomic E-state index is -0.928. The zero-order chi connectivity index (χ0) is 20.1. The fourth-order valence-electron chi connectivity index (χ4n) is 0.853. The predicted octanol–water partition coefficient (Wildman–Crippen LogP) is 0.199. The van der Waals surface area contributed by atoms with Gasteiger partial charge in [0.2, 0.25) is 0 Å². The summed E-state index contributed by atoms with van der Waals surface area (Å²) in [5.74, 6) is 7.15. The number of hydrogen-bond acceptors (Lipinski definition) is 5. The third-order valence-corrected chi connectivity index (χ3v) is 2.65. The van der Waals surface area contributed by atoms with Crippen LogP contribution in [0.4, 0.5) is 0 Å². The first-order chi connectivity index (χ1) is 11.7. The Labute approximate surface area is 214 Å². The number of hydrogen-bond donors (Lipinski definition) is 3. The number of terminal acetylenes is 1. The Hall–Kier alpha value is -0.514. The topological polar surface area (TPSA) is 108 Å². The molecule has 0 saturated heterocycles. The Morgan fingerprint density at radius 1 is 1.14 bits per heavy atom. The molecule has 0 saturated carbocycles. The predicted molar refractivity (Wildman–Crippen MR) is 113 cm³/mol. The van der Waals surface area contributed by atoms with Crippen molar-refractivity contribution in [2.24, 2.45) is 0 Å². The Balaban J connectivity index is -0.0000000579. The number of carbonyl (C=O) groups is 1. The van der Waals surface area contributed by atoms with Crippen LogP contribution in [0.25, 0.3) is 0 Å². The molecule has 0 fully saturated rings. The summed E-state index contributed by atoms with van der Waals surface area (Å²) < 4.78 is 0. The number of carbonyl (C=O) groups excluding carboxylic acids is 1. The van der Waals surface area contributed by atoms with Crippen LogP contribution in [0.3, 0.4) is 0 Å². The Bertz CT molecular complexity index is 525. The van der Waals surface area contributed by atoms with E-state index in [1.165, 1.54) is 5.56 Å². The molecular weight excluding hydrogens is 383 g/mol. The number of ketones is 1. The van der Waals surface area contributed by atoms with Gasteiger partial charge in [0.25, 0.3) is 0 Å². The van der Waals surface area contributed by atoms with Gasteiger partial charge in [-0.25, -0.2) is 0 Å². The molecule has 1 rings (SSSR count). The standard InChI is InChI=1S/C7H12O2.C7H8.C4H8O.C3H4O.CH4.K.H2O/c1-3-7(2,9)5-4-6-8;1-7-5-3-2-4-6-7;1-3-4(2)5;1-2-3-4;;;/h8-9H,3,6H2,1-2H3;2-6H,1H3;3H2,1-2H3;1,4H,3H2;1H4;;1H2/q;;;;;+1;/p-1. The van der Waals surface area contributed by atoms with Gasteiger partial charge in [0.15, 0.2) is 0 Å². The molecule has 28 heavy (non-hydrogen) atoms. The molecule has 0 aliphatic heterocycles. The van der Waals surface area contributed by atoms with Crippen LogP contribution in [0.2, 0.25) is 0 Å². The van der Waals surface area contributed by atoms with Crippen LogP contribution in [-0.2, 0) is 4.79 Å². The summed E-state index contributed by atoms with van der Waals surface area (Å²) >= 11 is 0. The Morgan fingerprint density at radius 3 is 1.71 bits per heavy atom. The van der Waals surface area contributed by atoms with Gasteiger partial charge in [-0.1, -0.05) is 74.9 Å². The molecule has 4 N–H and O–H groups in total. The average Bonchev–Trinajstić information content (AvgIpc) is 2.62. The smallest absolute Gasteiger partial charge is 0.870 e. The number of aryl methyl sites for hydroxylation is 1. The molecule has 0 radical (unpaired) electrons. The molecule has 0 spiro atoms. The van der Waals surface area contributed by atoms with Crippen molar-refractivity contribution in [3.05, 3.63) is 35.9 Å². The normalized spacial score (nSPS) is 9.25. The molecule has 1 unspecified atom stereocenters. The van der Waals surface area contributed by atoms with E-state index in [4.69, 9.17) is 15.3 Å². The first-order valence-electron chi connectivity index (χ1n) is 8.09. The fourth-order valence-corrected chi connectivity index (χ4v) is 0.853. The summed E-state index contributed by atoms with van der Waals surface area (Å²) in [5, 5.41) is 25.0. The van der Waals surface area contributed by atoms with Crippen molar-refractivity contribution in [3.8, 4) is 24.2 Å². The van der Waals surface area contributed by atoms with Crippen molar-refractivity contribution in [1.29, 1.82) is 0 Å². The molecule has 0 bridgehead atoms. The van der Waals surface area contributed by atoms with Crippen LogP contribution in [0.15, 0.2) is 30.3 Å². The van der Waals surface area contributed by atoms with Gasteiger partial charge in [-0.2, -0.15) is 0 Å². The van der Waals surface area contributed by atoms with E-state index in [1.54, 1.807) is 13.8 Å². The maximum Gasteiger partial charge on any atom is 1.00 e. The van der Waals surface area contributed by atoms with Crippen molar-refractivity contribution < 1.29 is 77.0 Å². The monoisotopic (exact) mass is 420 g/mol. The van der Waals surface area contributed by atoms with Gasteiger partial charge < -0.3 is 25.6 Å². The Kier molecular flexibility index (Phi) is 46.5. The third kappa shape index (κ3) is 44.7. The van der Waals surface area contributed by atoms with Gasteiger partial charge in [-0.15, -0.1) is 6.42 Å². The fraction of sp³-hybridized carbons (Fsp3) is 0.500. The van der Waals surface area contributed by atoms with Crippen LogP contribution >= 0.6 is 0 Å². The second-order valence-corrected chi connectivity index (χ2v) is 5.16. The maximum absolute atomic E-state index is 9.81. The van der Waals surface area contributed by atoms with E-state index < -0.39 is 5.60 Å². The number of benzene rings is 1. The van der Waals surface area contributed by atoms with Gasteiger partial charge in [-0.05, 0) is 27.2 Å². The molecule has 6 heteroatoms. The molecule has 1 aromatic rings. The SMILES string of the molecule is C.C#CCO.CCC(C)(O)C#CCO.CCC(C)=O.Cc1ccccc1.[K+].[OH-]. The number of aliphatic hydroxyl groups is 3. The number of rotatable bonds is 2. The summed E-state index contributed by atoms with van der Waals surface area (Å²) in [6.07, 6.45) is 5.78. The van der Waals surface area contributed by atoms with Gasteiger partial charge >= 0.3 is 51.4 Å². The van der Waals surface area contributed by atoms with Crippen molar-refractivity contribution in [1.82, 2.24) is 0 Å². The third-order valence-electron chi connectivity index (χ3n) is 2.65. The minimum Gasteiger partial charge on any atom is -0.870 e. The van der Waals surface area contributed by atoms with E-state index in [0.717, 1.165) is 0 Å². The molecular formula is C22H37KO5. The van der Waals surface area contributed by atoms with Crippen LogP contribution < -0.4 is 51.4 Å². The molecule has 0 aliphatic rings. The summed E-state index contributed by atoms with van der Waals surface area (Å²) in [6.45, 7) is 8.64. The van der Waals surface area contributed by atoms with E-state index in [9.17, 15) is 4.79 Å². The molecule has 0 aromatic heterocycles. The average molecular weight is 421 g/mol. The zero-order valence-electron chi connectivity index (χ0n) is 17.5. The van der Waals surface area contributed by atoms with Crippen LogP contribution in [-0.4, -0.2) is 45.4 Å². The summed E-state index contributed by atoms with van der Waals surface area (Å²) in [6, 6.07) is 10.3. The zero-order valence-corrected chi connectivity index (χ0v) is 20.6. The van der Waals surface area contributed by atoms with E-state index in [0.29, 0.717) is 12.8 Å². The van der Waals surface area contributed by atoms with Crippen molar-refractivity contribution in [2.45, 2.75) is 60.5 Å². The van der Waals surface area contributed by atoms with Gasteiger partial charge in [0, 0.05) is 6.42 Å². The van der Waals surface area contributed by atoms with Gasteiger partial charge in [0.05, 0.1) is 0 Å². The Morgan fingerprint density at radius 2 is 1.54 bits per heavy atom. The van der Waals surface area contributed by atoms with Gasteiger partial charge in [0.1, 0.15) is 24.6 Å². The molecule has 1 atom stereocenters. The van der Waals surface area contributed by atoms with Gasteiger partial charge in [-0.3, -0.25) is 0 Å². The summed E-state index contributed by atoms with van der Waals surface area (Å²) in [4.78, 5) is 9.81. The molecule has 0 heterocycles. The first kappa shape index (κ1) is 41.8. The van der Waals surface area contributed by atoms with Crippen LogP contribution in [0.1, 0.15) is 53.5 Å². The molecule has 0 amide bonds. The van der Waals surface area contributed by atoms with E-state index >= 15 is 0 Å². The summed E-state index contributed by atoms with van der Waals surface area (Å²) in [7, 11) is 0. The largest absolute Gasteiger partial charge is 1.00 e.